The third-order valence-corrected chi connectivity index (χ3v) is 5.27. The maximum atomic E-state index is 14.7. The highest BCUT2D eigenvalue weighted by molar-refractivity contribution is 5.67. The van der Waals surface area contributed by atoms with Crippen LogP contribution in [0.3, 0.4) is 0 Å². The second-order valence-electron chi connectivity index (χ2n) is 7.95. The first-order valence-corrected chi connectivity index (χ1v) is 10.7. The van der Waals surface area contributed by atoms with Crippen molar-refractivity contribution >= 4 is 0 Å². The van der Waals surface area contributed by atoms with Gasteiger partial charge in [-0.3, -0.25) is 0 Å². The normalized spacial score (nSPS) is 10.8. The Kier molecular flexibility index (Phi) is 6.90. The van der Waals surface area contributed by atoms with Gasteiger partial charge >= 0.3 is 6.18 Å². The largest absolute Gasteiger partial charge is 0.458 e. The molecule has 36 heavy (non-hydrogen) atoms. The zero-order valence-electron chi connectivity index (χ0n) is 18.8. The quantitative estimate of drug-likeness (QED) is 0.197. The van der Waals surface area contributed by atoms with E-state index < -0.39 is 29.2 Å². The van der Waals surface area contributed by atoms with Crippen LogP contribution in [0.1, 0.15) is 22.3 Å². The van der Waals surface area contributed by atoms with Gasteiger partial charge in [-0.25, -0.2) is 13.2 Å². The van der Waals surface area contributed by atoms with Gasteiger partial charge in [-0.1, -0.05) is 65.8 Å². The maximum Gasteiger partial charge on any atom is 0.458 e. The number of hydrogen-bond donors (Lipinski definition) is 0. The molecule has 0 saturated heterocycles. The highest BCUT2D eigenvalue weighted by atomic mass is 19.4. The Labute approximate surface area is 204 Å². The van der Waals surface area contributed by atoms with E-state index in [-0.39, 0.29) is 11.1 Å². The van der Waals surface area contributed by atoms with E-state index >= 15 is 0 Å². The fraction of sp³-hybridized carbons (Fsp3) is 0.0667. The molecule has 0 spiro atoms. The number of aryl methyl sites for hydroxylation is 1. The number of hydrogen-bond acceptors (Lipinski definition) is 0. The molecule has 0 N–H and O–H groups in total. The van der Waals surface area contributed by atoms with E-state index in [0.717, 1.165) is 40.8 Å². The summed E-state index contributed by atoms with van der Waals surface area (Å²) < 4.78 is 79.8. The topological polar surface area (TPSA) is 0 Å². The summed E-state index contributed by atoms with van der Waals surface area (Å²) in [4.78, 5) is 0. The van der Waals surface area contributed by atoms with Crippen molar-refractivity contribution in [3.63, 3.8) is 0 Å². The minimum absolute atomic E-state index is 0.129. The Morgan fingerprint density at radius 3 is 1.64 bits per heavy atom. The molecule has 0 aliphatic rings. The summed E-state index contributed by atoms with van der Waals surface area (Å²) in [7, 11) is 0. The molecule has 4 aromatic rings. The standard InChI is InChI=1S/C30H16F6/c1-19-2-9-22(10-3-19)23-11-6-20(7-12-23)4-5-21-8-13-25(27(31)16-21)24-17-28(32)26(29(33)18-24)14-15-30(34,35)36/h2-3,6-13,16-18H,1H3. The fourth-order valence-electron chi connectivity index (χ4n) is 3.44. The molecule has 0 heterocycles. The molecule has 178 valence electrons. The Hall–Kier alpha value is -4.42. The molecule has 0 amide bonds. The van der Waals surface area contributed by atoms with Gasteiger partial charge in [0.15, 0.2) is 0 Å². The Balaban J connectivity index is 1.55. The van der Waals surface area contributed by atoms with Crippen molar-refractivity contribution in [1.82, 2.24) is 0 Å². The summed E-state index contributed by atoms with van der Waals surface area (Å²) in [5.74, 6) is 4.62. The molecule has 0 atom stereocenters. The Morgan fingerprint density at radius 2 is 1.08 bits per heavy atom. The fourth-order valence-corrected chi connectivity index (χ4v) is 3.44. The highest BCUT2D eigenvalue weighted by Gasteiger charge is 2.23. The lowest BCUT2D eigenvalue weighted by Gasteiger charge is -2.07. The molecular weight excluding hydrogens is 474 g/mol. The third-order valence-electron chi connectivity index (χ3n) is 5.27. The van der Waals surface area contributed by atoms with Crippen molar-refractivity contribution in [2.24, 2.45) is 0 Å². The molecule has 0 fully saturated rings. The van der Waals surface area contributed by atoms with Gasteiger partial charge in [0, 0.05) is 22.6 Å². The smallest absolute Gasteiger partial charge is 0.206 e. The van der Waals surface area contributed by atoms with Crippen molar-refractivity contribution in [3.05, 3.63) is 119 Å². The van der Waals surface area contributed by atoms with Crippen LogP contribution in [0.2, 0.25) is 0 Å². The van der Waals surface area contributed by atoms with Crippen LogP contribution >= 0.6 is 0 Å². The Bertz CT molecular complexity index is 1520. The number of benzene rings is 4. The van der Waals surface area contributed by atoms with Gasteiger partial charge in [0.1, 0.15) is 17.5 Å². The van der Waals surface area contributed by atoms with Crippen LogP contribution in [0.4, 0.5) is 26.3 Å². The van der Waals surface area contributed by atoms with Crippen molar-refractivity contribution < 1.29 is 26.3 Å². The van der Waals surface area contributed by atoms with Crippen LogP contribution < -0.4 is 0 Å². The summed E-state index contributed by atoms with van der Waals surface area (Å²) in [6.07, 6.45) is -4.90. The maximum absolute atomic E-state index is 14.7. The van der Waals surface area contributed by atoms with Crippen molar-refractivity contribution in [2.75, 3.05) is 0 Å². The van der Waals surface area contributed by atoms with E-state index in [4.69, 9.17) is 0 Å². The van der Waals surface area contributed by atoms with Gasteiger partial charge in [-0.15, -0.1) is 0 Å². The molecule has 0 aliphatic heterocycles. The molecule has 0 radical (unpaired) electrons. The lowest BCUT2D eigenvalue weighted by atomic mass is 10.0. The zero-order valence-corrected chi connectivity index (χ0v) is 18.8. The molecule has 0 nitrogen and oxygen atoms in total. The molecule has 0 unspecified atom stereocenters. The summed E-state index contributed by atoms with van der Waals surface area (Å²) >= 11 is 0. The van der Waals surface area contributed by atoms with Gasteiger partial charge in [0.2, 0.25) is 0 Å². The van der Waals surface area contributed by atoms with E-state index in [2.05, 4.69) is 11.8 Å². The average molecular weight is 490 g/mol. The van der Waals surface area contributed by atoms with Crippen molar-refractivity contribution in [1.29, 1.82) is 0 Å². The van der Waals surface area contributed by atoms with E-state index in [1.165, 1.54) is 23.6 Å². The highest BCUT2D eigenvalue weighted by Crippen LogP contribution is 2.27. The summed E-state index contributed by atoms with van der Waals surface area (Å²) in [5, 5.41) is 0. The minimum atomic E-state index is -4.90. The molecule has 0 saturated carbocycles. The second-order valence-corrected chi connectivity index (χ2v) is 7.95. The van der Waals surface area contributed by atoms with Crippen molar-refractivity contribution in [2.45, 2.75) is 13.1 Å². The SMILES string of the molecule is Cc1ccc(-c2ccc(C#Cc3ccc(-c4cc(F)c(C#CC(F)(F)F)c(F)c4)c(F)c3)cc2)cc1. The van der Waals surface area contributed by atoms with Crippen molar-refractivity contribution in [3.8, 4) is 45.9 Å². The number of rotatable bonds is 2. The average Bonchev–Trinajstić information content (AvgIpc) is 2.82. The van der Waals surface area contributed by atoms with Crippen LogP contribution in [-0.2, 0) is 0 Å². The van der Waals surface area contributed by atoms with Crippen LogP contribution in [0.5, 0.6) is 0 Å². The molecule has 0 aliphatic carbocycles. The monoisotopic (exact) mass is 490 g/mol. The number of halogens is 6. The van der Waals surface area contributed by atoms with Crippen LogP contribution in [-0.4, -0.2) is 6.18 Å². The predicted molar refractivity (Wildman–Crippen MR) is 127 cm³/mol. The summed E-state index contributed by atoms with van der Waals surface area (Å²) in [5.41, 5.74) is 3.00. The molecule has 4 rings (SSSR count). The summed E-state index contributed by atoms with van der Waals surface area (Å²) in [6.45, 7) is 2.02. The van der Waals surface area contributed by atoms with E-state index in [1.807, 2.05) is 55.5 Å². The molecule has 0 bridgehead atoms. The van der Waals surface area contributed by atoms with E-state index in [0.29, 0.717) is 5.56 Å². The lowest BCUT2D eigenvalue weighted by molar-refractivity contribution is -0.0696. The first-order valence-electron chi connectivity index (χ1n) is 10.7. The first-order chi connectivity index (χ1) is 17.1. The first kappa shape index (κ1) is 24.7. The number of alkyl halides is 3. The molecular formula is C30H16F6. The third kappa shape index (κ3) is 5.98. The van der Waals surface area contributed by atoms with Gasteiger partial charge < -0.3 is 0 Å². The Morgan fingerprint density at radius 1 is 0.556 bits per heavy atom. The summed E-state index contributed by atoms with van der Waals surface area (Å²) in [6, 6.07) is 21.1. The predicted octanol–water partition coefficient (Wildman–Crippen LogP) is 8.06. The molecule has 6 heteroatoms. The molecule has 4 aromatic carbocycles. The van der Waals surface area contributed by atoms with Crippen LogP contribution in [0.25, 0.3) is 22.3 Å². The van der Waals surface area contributed by atoms with E-state index in [9.17, 15) is 26.3 Å². The van der Waals surface area contributed by atoms with Gasteiger partial charge in [-0.05, 0) is 60.0 Å². The lowest BCUT2D eigenvalue weighted by Crippen LogP contribution is -2.02. The minimum Gasteiger partial charge on any atom is -0.206 e. The van der Waals surface area contributed by atoms with E-state index in [1.54, 1.807) is 0 Å². The zero-order chi connectivity index (χ0) is 25.9. The van der Waals surface area contributed by atoms with Crippen LogP contribution in [0, 0.1) is 48.1 Å². The van der Waals surface area contributed by atoms with Gasteiger partial charge in [-0.2, -0.15) is 13.2 Å². The molecule has 0 aromatic heterocycles. The van der Waals surface area contributed by atoms with Gasteiger partial charge in [0.05, 0.1) is 5.56 Å². The van der Waals surface area contributed by atoms with Crippen LogP contribution in [0.15, 0.2) is 78.9 Å². The second kappa shape index (κ2) is 10.1. The van der Waals surface area contributed by atoms with Gasteiger partial charge in [0.25, 0.3) is 0 Å².